The third-order valence-corrected chi connectivity index (χ3v) is 8.23. The lowest BCUT2D eigenvalue weighted by atomic mass is 9.87. The molecule has 0 aromatic rings. The van der Waals surface area contributed by atoms with Crippen molar-refractivity contribution >= 4 is 20.2 Å². The molecule has 0 heterocycles. The Kier molecular flexibility index (Phi) is 8.30. The molecular formula is C17H36N2O6S2. The van der Waals surface area contributed by atoms with Crippen molar-refractivity contribution in [3.8, 4) is 0 Å². The molecule has 0 aromatic carbocycles. The minimum Gasteiger partial charge on any atom is -0.330 e. The molecule has 2 aliphatic rings. The van der Waals surface area contributed by atoms with Crippen LogP contribution < -0.4 is 11.5 Å². The number of hydrogen-bond donors (Lipinski definition) is 4. The third kappa shape index (κ3) is 7.94. The fourth-order valence-electron chi connectivity index (χ4n) is 4.84. The fourth-order valence-corrected chi connectivity index (χ4v) is 7.12. The molecule has 0 saturated heterocycles. The van der Waals surface area contributed by atoms with Crippen LogP contribution in [0.1, 0.15) is 52.9 Å². The van der Waals surface area contributed by atoms with Gasteiger partial charge < -0.3 is 11.5 Å². The Morgan fingerprint density at radius 3 is 1.52 bits per heavy atom. The first-order chi connectivity index (χ1) is 12.1. The molecule has 0 aromatic heterocycles. The van der Waals surface area contributed by atoms with Crippen LogP contribution in [0.4, 0.5) is 0 Å². The van der Waals surface area contributed by atoms with Gasteiger partial charge in [-0.3, -0.25) is 9.11 Å². The maximum atomic E-state index is 10.9. The van der Waals surface area contributed by atoms with Crippen LogP contribution in [0.3, 0.4) is 0 Å². The summed E-state index contributed by atoms with van der Waals surface area (Å²) in [7, 11) is -7.79. The van der Waals surface area contributed by atoms with Crippen molar-refractivity contribution in [2.45, 2.75) is 52.9 Å². The molecule has 2 rings (SSSR count). The molecule has 2 saturated carbocycles. The highest BCUT2D eigenvalue weighted by Crippen LogP contribution is 2.45. The molecule has 6 N–H and O–H groups in total. The number of rotatable bonds is 6. The molecule has 162 valence electrons. The van der Waals surface area contributed by atoms with Gasteiger partial charge in [0.05, 0.1) is 11.5 Å². The topological polar surface area (TPSA) is 161 Å². The summed E-state index contributed by atoms with van der Waals surface area (Å²) in [5.41, 5.74) is 10.4. The zero-order valence-corrected chi connectivity index (χ0v) is 18.2. The maximum absolute atomic E-state index is 10.9. The zero-order valence-electron chi connectivity index (χ0n) is 16.6. The van der Waals surface area contributed by atoms with E-state index < -0.39 is 25.7 Å². The molecule has 0 aliphatic heterocycles. The van der Waals surface area contributed by atoms with Crippen LogP contribution in [0.15, 0.2) is 0 Å². The molecule has 0 amide bonds. The Morgan fingerprint density at radius 1 is 0.815 bits per heavy atom. The summed E-state index contributed by atoms with van der Waals surface area (Å²) in [5.74, 6) is 1.12. The van der Waals surface area contributed by atoms with Crippen molar-refractivity contribution in [1.29, 1.82) is 0 Å². The normalized spacial score (nSPS) is 33.5. The highest BCUT2D eigenvalue weighted by molar-refractivity contribution is 7.86. The first kappa shape index (κ1) is 24.8. The van der Waals surface area contributed by atoms with Crippen molar-refractivity contribution in [2.75, 3.05) is 24.6 Å². The Bertz CT molecular complexity index is 684. The van der Waals surface area contributed by atoms with Crippen LogP contribution in [0.25, 0.3) is 0 Å². The van der Waals surface area contributed by atoms with Crippen LogP contribution >= 0.6 is 0 Å². The van der Waals surface area contributed by atoms with Gasteiger partial charge in [0.1, 0.15) is 0 Å². The van der Waals surface area contributed by atoms with Gasteiger partial charge in [-0.15, -0.1) is 0 Å². The lowest BCUT2D eigenvalue weighted by molar-refractivity contribution is 0.324. The third-order valence-electron chi connectivity index (χ3n) is 6.27. The lowest BCUT2D eigenvalue weighted by Gasteiger charge is -2.25. The van der Waals surface area contributed by atoms with Crippen molar-refractivity contribution in [1.82, 2.24) is 0 Å². The quantitative estimate of drug-likeness (QED) is 0.463. The van der Waals surface area contributed by atoms with Crippen molar-refractivity contribution in [3.05, 3.63) is 0 Å². The van der Waals surface area contributed by atoms with E-state index in [-0.39, 0.29) is 16.9 Å². The van der Waals surface area contributed by atoms with Crippen LogP contribution in [0.2, 0.25) is 0 Å². The van der Waals surface area contributed by atoms with E-state index in [2.05, 4.69) is 20.8 Å². The van der Waals surface area contributed by atoms with Gasteiger partial charge in [0.2, 0.25) is 0 Å². The molecule has 2 fully saturated rings. The second-order valence-electron chi connectivity index (χ2n) is 9.07. The van der Waals surface area contributed by atoms with Gasteiger partial charge in [0, 0.05) is 0 Å². The summed E-state index contributed by atoms with van der Waals surface area (Å²) in [6.07, 6.45) is 4.22. The van der Waals surface area contributed by atoms with Crippen LogP contribution in [0, 0.1) is 28.6 Å². The van der Waals surface area contributed by atoms with Crippen molar-refractivity contribution < 1.29 is 25.9 Å². The van der Waals surface area contributed by atoms with E-state index in [4.69, 9.17) is 20.6 Å². The molecule has 1 unspecified atom stereocenters. The second kappa shape index (κ2) is 9.04. The molecule has 0 radical (unpaired) electrons. The standard InChI is InChI=1S/C9H19NO3S.C8H17NO3S/c1-7-3-9(5-10,4-8(7)2)6-14(11,12)13;1-7-2-3-8(4-7,5-9)6-13(10,11)12/h7-8H,3-6,10H2,1-2H3,(H,11,12,13);7H,2-6,9H2,1H3,(H,10,11,12)/t7-,8-;7?,8-/m00/s1. The number of hydrogen-bond acceptors (Lipinski definition) is 6. The van der Waals surface area contributed by atoms with Gasteiger partial charge in [-0.1, -0.05) is 27.2 Å². The van der Waals surface area contributed by atoms with E-state index in [1.54, 1.807) is 0 Å². The predicted octanol–water partition coefficient (Wildman–Crippen LogP) is 1.52. The average Bonchev–Trinajstić information content (AvgIpc) is 2.98. The zero-order chi connectivity index (χ0) is 21.1. The summed E-state index contributed by atoms with van der Waals surface area (Å²) >= 11 is 0. The molecule has 4 atom stereocenters. The Labute approximate surface area is 164 Å². The van der Waals surface area contributed by atoms with Crippen LogP contribution in [0.5, 0.6) is 0 Å². The van der Waals surface area contributed by atoms with E-state index in [9.17, 15) is 16.8 Å². The first-order valence-corrected chi connectivity index (χ1v) is 12.7. The van der Waals surface area contributed by atoms with E-state index in [0.29, 0.717) is 30.8 Å². The summed E-state index contributed by atoms with van der Waals surface area (Å²) in [5, 5.41) is 0. The highest BCUT2D eigenvalue weighted by atomic mass is 32.2. The predicted molar refractivity (Wildman–Crippen MR) is 106 cm³/mol. The Balaban J connectivity index is 0.000000271. The van der Waals surface area contributed by atoms with Gasteiger partial charge in [-0.2, -0.15) is 16.8 Å². The lowest BCUT2D eigenvalue weighted by Crippen LogP contribution is -2.35. The minimum atomic E-state index is -3.90. The molecule has 0 spiro atoms. The Hall–Kier alpha value is -0.260. The summed E-state index contributed by atoms with van der Waals surface area (Å²) in [6.45, 7) is 6.97. The monoisotopic (exact) mass is 428 g/mol. The molecule has 8 nitrogen and oxygen atoms in total. The summed E-state index contributed by atoms with van der Waals surface area (Å²) in [4.78, 5) is 0. The maximum Gasteiger partial charge on any atom is 0.265 e. The van der Waals surface area contributed by atoms with Crippen molar-refractivity contribution in [2.24, 2.45) is 40.1 Å². The highest BCUT2D eigenvalue weighted by Gasteiger charge is 2.43. The van der Waals surface area contributed by atoms with Gasteiger partial charge >= 0.3 is 0 Å². The van der Waals surface area contributed by atoms with E-state index in [1.165, 1.54) is 0 Å². The molecule has 27 heavy (non-hydrogen) atoms. The van der Waals surface area contributed by atoms with Crippen LogP contribution in [-0.2, 0) is 20.2 Å². The van der Waals surface area contributed by atoms with E-state index in [0.717, 1.165) is 32.1 Å². The molecule has 2 aliphatic carbocycles. The van der Waals surface area contributed by atoms with Gasteiger partial charge in [0.25, 0.3) is 20.2 Å². The largest absolute Gasteiger partial charge is 0.330 e. The smallest absolute Gasteiger partial charge is 0.265 e. The van der Waals surface area contributed by atoms with Crippen LogP contribution in [-0.4, -0.2) is 50.5 Å². The minimum absolute atomic E-state index is 0.180. The summed E-state index contributed by atoms with van der Waals surface area (Å²) in [6, 6.07) is 0. The molecule has 0 bridgehead atoms. The van der Waals surface area contributed by atoms with Gasteiger partial charge in [-0.25, -0.2) is 0 Å². The van der Waals surface area contributed by atoms with E-state index >= 15 is 0 Å². The average molecular weight is 429 g/mol. The summed E-state index contributed by atoms with van der Waals surface area (Å²) < 4.78 is 60.9. The van der Waals surface area contributed by atoms with E-state index in [1.807, 2.05) is 0 Å². The number of nitrogens with two attached hydrogens (primary N) is 2. The molecule has 10 heteroatoms. The second-order valence-corrected chi connectivity index (χ2v) is 12.0. The Morgan fingerprint density at radius 2 is 1.22 bits per heavy atom. The fraction of sp³-hybridized carbons (Fsp3) is 1.00. The molecular weight excluding hydrogens is 392 g/mol. The van der Waals surface area contributed by atoms with Crippen molar-refractivity contribution in [3.63, 3.8) is 0 Å². The van der Waals surface area contributed by atoms with Gasteiger partial charge in [-0.05, 0) is 67.4 Å². The van der Waals surface area contributed by atoms with Gasteiger partial charge in [0.15, 0.2) is 0 Å². The SMILES string of the molecule is CC1CC[C@](CN)(CS(=O)(=O)O)C1.C[C@H]1CC(CN)(CS(=O)(=O)O)C[C@@H]1C. The first-order valence-electron chi connectivity index (χ1n) is 9.45.